The van der Waals surface area contributed by atoms with Gasteiger partial charge in [-0.2, -0.15) is 0 Å². The summed E-state index contributed by atoms with van der Waals surface area (Å²) in [5, 5.41) is 22.8. The number of aliphatic carboxylic acids is 1. The van der Waals surface area contributed by atoms with Gasteiger partial charge in [0.2, 0.25) is 5.13 Å². The van der Waals surface area contributed by atoms with Crippen LogP contribution >= 0.6 is 22.9 Å². The average Bonchev–Trinajstić information content (AvgIpc) is 3.34. The van der Waals surface area contributed by atoms with Gasteiger partial charge in [-0.25, -0.2) is 0 Å². The van der Waals surface area contributed by atoms with E-state index in [0.29, 0.717) is 48.3 Å². The lowest BCUT2D eigenvalue weighted by Gasteiger charge is -2.33. The quantitative estimate of drug-likeness (QED) is 0.273. The van der Waals surface area contributed by atoms with Crippen LogP contribution in [0.2, 0.25) is 5.02 Å². The highest BCUT2D eigenvalue weighted by molar-refractivity contribution is 7.18. The Morgan fingerprint density at radius 3 is 2.55 bits per heavy atom. The summed E-state index contributed by atoms with van der Waals surface area (Å²) in [5.41, 5.74) is 3.34. The number of benzene rings is 2. The molecule has 2 aromatic carbocycles. The lowest BCUT2D eigenvalue weighted by molar-refractivity contribution is -0.145. The van der Waals surface area contributed by atoms with E-state index >= 15 is 0 Å². The van der Waals surface area contributed by atoms with E-state index in [9.17, 15) is 9.59 Å². The molecule has 0 bridgehead atoms. The van der Waals surface area contributed by atoms with E-state index in [1.807, 2.05) is 26.0 Å². The second-order valence-corrected chi connectivity index (χ2v) is 11.0. The topological polar surface area (TPSA) is 105 Å². The van der Waals surface area contributed by atoms with E-state index in [1.54, 1.807) is 29.2 Å². The second kappa shape index (κ2) is 12.7. The lowest BCUT2D eigenvalue weighted by Crippen LogP contribution is -2.45. The smallest absolute Gasteiger partial charge is 0.306 e. The molecule has 1 heterocycles. The summed E-state index contributed by atoms with van der Waals surface area (Å²) in [6.45, 7) is 7.76. The molecule has 4 rings (SSSR count). The van der Waals surface area contributed by atoms with Crippen molar-refractivity contribution >= 4 is 39.9 Å². The van der Waals surface area contributed by atoms with Gasteiger partial charge in [-0.1, -0.05) is 48.4 Å². The number of nitrogens with one attached hydrogen (secondary N) is 1. The molecule has 1 fully saturated rings. The minimum atomic E-state index is -0.714. The molecule has 8 nitrogen and oxygen atoms in total. The van der Waals surface area contributed by atoms with Gasteiger partial charge in [-0.15, -0.1) is 10.2 Å². The summed E-state index contributed by atoms with van der Waals surface area (Å²) < 4.78 is 6.05. The van der Waals surface area contributed by atoms with Crippen LogP contribution in [0.3, 0.4) is 0 Å². The van der Waals surface area contributed by atoms with Gasteiger partial charge in [0.15, 0.2) is 0 Å². The molecule has 0 aliphatic heterocycles. The van der Waals surface area contributed by atoms with Gasteiger partial charge >= 0.3 is 5.97 Å². The predicted octanol–water partition coefficient (Wildman–Crippen LogP) is 5.75. The number of carbonyl (C=O) groups is 2. The summed E-state index contributed by atoms with van der Waals surface area (Å²) in [4.78, 5) is 25.9. The summed E-state index contributed by atoms with van der Waals surface area (Å²) in [6.07, 6.45) is 3.12. The first-order valence-corrected chi connectivity index (χ1v) is 14.1. The number of hydrogen-bond donors (Lipinski definition) is 2. The van der Waals surface area contributed by atoms with Crippen molar-refractivity contribution in [3.8, 4) is 16.3 Å². The monoisotopic (exact) mass is 556 g/mol. The molecule has 1 aliphatic rings. The van der Waals surface area contributed by atoms with E-state index < -0.39 is 5.97 Å². The van der Waals surface area contributed by atoms with Crippen LogP contribution in [-0.2, 0) is 4.79 Å². The molecule has 3 aromatic rings. The zero-order valence-corrected chi connectivity index (χ0v) is 23.4. The van der Waals surface area contributed by atoms with Gasteiger partial charge in [0.05, 0.1) is 16.5 Å². The van der Waals surface area contributed by atoms with Crippen LogP contribution < -0.4 is 15.0 Å². The highest BCUT2D eigenvalue weighted by Crippen LogP contribution is 2.35. The number of unbranched alkanes of at least 4 members (excludes halogenated alkanes) is 1. The number of amides is 1. The fourth-order valence-electron chi connectivity index (χ4n) is 4.53. The number of halogens is 1. The molecule has 2 N–H and O–H groups in total. The van der Waals surface area contributed by atoms with Crippen molar-refractivity contribution in [2.24, 2.45) is 5.92 Å². The highest BCUT2D eigenvalue weighted by Gasteiger charge is 2.33. The molecular formula is C28H33ClN4O4S. The molecule has 38 heavy (non-hydrogen) atoms. The van der Waals surface area contributed by atoms with Crippen molar-refractivity contribution in [1.29, 1.82) is 0 Å². The molecule has 0 radical (unpaired) electrons. The number of carboxylic acid groups (broad SMARTS) is 1. The Labute approximate surface area is 232 Å². The van der Waals surface area contributed by atoms with Gasteiger partial charge < -0.3 is 15.2 Å². The third kappa shape index (κ3) is 6.51. The maximum absolute atomic E-state index is 13.3. The summed E-state index contributed by atoms with van der Waals surface area (Å²) in [5.74, 6) is -0.291. The fraction of sp³-hybridized carbons (Fsp3) is 0.429. The molecule has 1 aliphatic carbocycles. The largest absolute Gasteiger partial charge is 0.492 e. The number of aryl methyl sites for hydroxylation is 2. The number of aromatic nitrogens is 2. The molecule has 202 valence electrons. The number of carboxylic acids is 1. The molecular weight excluding hydrogens is 524 g/mol. The van der Waals surface area contributed by atoms with E-state index in [-0.39, 0.29) is 17.9 Å². The van der Waals surface area contributed by atoms with Gasteiger partial charge in [-0.05, 0) is 68.5 Å². The zero-order chi connectivity index (χ0) is 27.2. The van der Waals surface area contributed by atoms with Crippen LogP contribution in [0.4, 0.5) is 5.13 Å². The Morgan fingerprint density at radius 2 is 1.89 bits per heavy atom. The average molecular weight is 557 g/mol. The minimum Gasteiger partial charge on any atom is -0.492 e. The number of nitrogens with zero attached hydrogens (tertiary/aromatic N) is 3. The number of ether oxygens (including phenoxy) is 1. The maximum Gasteiger partial charge on any atom is 0.306 e. The van der Waals surface area contributed by atoms with Crippen LogP contribution in [0, 0.1) is 19.8 Å². The van der Waals surface area contributed by atoms with Crippen molar-refractivity contribution in [2.75, 3.05) is 24.6 Å². The second-order valence-electron chi connectivity index (χ2n) is 9.63. The van der Waals surface area contributed by atoms with Gasteiger partial charge in [0.25, 0.3) is 5.91 Å². The molecule has 10 heteroatoms. The van der Waals surface area contributed by atoms with Gasteiger partial charge in [0.1, 0.15) is 17.4 Å². The van der Waals surface area contributed by atoms with Gasteiger partial charge in [-0.3, -0.25) is 14.5 Å². The van der Waals surface area contributed by atoms with Crippen molar-refractivity contribution in [2.45, 2.75) is 52.5 Å². The number of hydrogen-bond acceptors (Lipinski definition) is 7. The first-order valence-electron chi connectivity index (χ1n) is 12.9. The molecule has 0 spiro atoms. The molecule has 1 aromatic heterocycles. The Bertz CT molecular complexity index is 1270. The molecule has 1 amide bonds. The third-order valence-corrected chi connectivity index (χ3v) is 8.03. The van der Waals surface area contributed by atoms with Crippen molar-refractivity contribution in [3.05, 3.63) is 58.1 Å². The van der Waals surface area contributed by atoms with E-state index in [0.717, 1.165) is 40.3 Å². The Morgan fingerprint density at radius 1 is 1.18 bits per heavy atom. The van der Waals surface area contributed by atoms with Crippen molar-refractivity contribution in [1.82, 2.24) is 15.5 Å². The minimum absolute atomic E-state index is 0.183. The molecule has 0 saturated heterocycles. The van der Waals surface area contributed by atoms with Crippen molar-refractivity contribution < 1.29 is 19.4 Å². The molecule has 0 atom stereocenters. The van der Waals surface area contributed by atoms with Crippen LogP contribution in [-0.4, -0.2) is 52.9 Å². The van der Waals surface area contributed by atoms with E-state index in [2.05, 4.69) is 22.4 Å². The van der Waals surface area contributed by atoms with Crippen LogP contribution in [0.1, 0.15) is 54.1 Å². The fourth-order valence-corrected chi connectivity index (χ4v) is 5.60. The number of rotatable bonds is 12. The summed E-state index contributed by atoms with van der Waals surface area (Å²) >= 11 is 7.69. The highest BCUT2D eigenvalue weighted by atomic mass is 35.5. The lowest BCUT2D eigenvalue weighted by atomic mass is 9.80. The summed E-state index contributed by atoms with van der Waals surface area (Å²) in [7, 11) is 0. The standard InChI is InChI=1S/C28H33ClN4O4S/c1-4-5-11-33(26(34)22-8-6-7-9-23(22)29)28-32-31-25(38-28)19-13-17(2)24(18(3)14-19)37-12-10-30-21-15-20(16-21)27(35)36/h6-9,13-14,20-21,30H,4-5,10-12,15-16H2,1-3H3,(H,35,36)/t20-,21+. The normalized spacial score (nSPS) is 16.6. The SMILES string of the molecule is CCCCN(C(=O)c1ccccc1Cl)c1nnc(-c2cc(C)c(OCCN[C@H]3C[C@@H](C(=O)O)C3)c(C)c2)s1. The van der Waals surface area contributed by atoms with E-state index in [1.165, 1.54) is 11.3 Å². The van der Waals surface area contributed by atoms with Crippen LogP contribution in [0.15, 0.2) is 36.4 Å². The van der Waals surface area contributed by atoms with Crippen LogP contribution in [0.5, 0.6) is 5.75 Å². The number of carbonyl (C=O) groups excluding carboxylic acids is 1. The Hall–Kier alpha value is -3.01. The maximum atomic E-state index is 13.3. The van der Waals surface area contributed by atoms with Crippen LogP contribution in [0.25, 0.3) is 10.6 Å². The first-order chi connectivity index (χ1) is 18.3. The zero-order valence-electron chi connectivity index (χ0n) is 21.9. The Balaban J connectivity index is 1.43. The van der Waals surface area contributed by atoms with Gasteiger partial charge in [0, 0.05) is 24.7 Å². The number of anilines is 1. The third-order valence-electron chi connectivity index (χ3n) is 6.71. The Kier molecular flexibility index (Phi) is 9.35. The predicted molar refractivity (Wildman–Crippen MR) is 151 cm³/mol. The molecule has 1 saturated carbocycles. The van der Waals surface area contributed by atoms with E-state index in [4.69, 9.17) is 21.4 Å². The van der Waals surface area contributed by atoms with Crippen molar-refractivity contribution in [3.63, 3.8) is 0 Å². The molecule has 0 unspecified atom stereocenters. The first kappa shape index (κ1) is 28.0. The summed E-state index contributed by atoms with van der Waals surface area (Å²) in [6, 6.07) is 11.3.